The SMILES string of the molecule is CC(C)[C@@H](NC(=O)c1ccccc1)c1nnc(S[C@H](C)C(=O)Nc2ccc3c(c2)OCO3)n1C. The predicted molar refractivity (Wildman–Crippen MR) is 129 cm³/mol. The van der Waals surface area contributed by atoms with Crippen LogP contribution in [-0.2, 0) is 11.8 Å². The summed E-state index contributed by atoms with van der Waals surface area (Å²) in [4.78, 5) is 25.5. The number of carbonyl (C=O) groups is 2. The minimum Gasteiger partial charge on any atom is -0.454 e. The van der Waals surface area contributed by atoms with Crippen molar-refractivity contribution in [2.75, 3.05) is 12.1 Å². The van der Waals surface area contributed by atoms with E-state index in [1.54, 1.807) is 37.3 Å². The fourth-order valence-corrected chi connectivity index (χ4v) is 4.29. The lowest BCUT2D eigenvalue weighted by Crippen LogP contribution is -2.33. The normalized spacial score (nSPS) is 14.0. The van der Waals surface area contributed by atoms with Gasteiger partial charge in [-0.2, -0.15) is 0 Å². The molecule has 2 N–H and O–H groups in total. The summed E-state index contributed by atoms with van der Waals surface area (Å²) < 4.78 is 12.5. The summed E-state index contributed by atoms with van der Waals surface area (Å²) in [6.45, 7) is 6.01. The van der Waals surface area contributed by atoms with Gasteiger partial charge in [-0.15, -0.1) is 10.2 Å². The lowest BCUT2D eigenvalue weighted by Gasteiger charge is -2.22. The summed E-state index contributed by atoms with van der Waals surface area (Å²) >= 11 is 1.30. The van der Waals surface area contributed by atoms with E-state index in [2.05, 4.69) is 20.8 Å². The molecule has 2 amide bonds. The van der Waals surface area contributed by atoms with Crippen LogP contribution in [0.3, 0.4) is 0 Å². The first kappa shape index (κ1) is 23.6. The Morgan fingerprint density at radius 3 is 2.50 bits per heavy atom. The molecule has 2 heterocycles. The average molecular weight is 482 g/mol. The summed E-state index contributed by atoms with van der Waals surface area (Å²) in [6, 6.07) is 14.0. The van der Waals surface area contributed by atoms with E-state index in [9.17, 15) is 9.59 Å². The van der Waals surface area contributed by atoms with Crippen LogP contribution in [0, 0.1) is 5.92 Å². The second-order valence-corrected chi connectivity index (χ2v) is 9.59. The van der Waals surface area contributed by atoms with E-state index < -0.39 is 5.25 Å². The van der Waals surface area contributed by atoms with E-state index in [0.29, 0.717) is 33.7 Å². The molecule has 0 radical (unpaired) electrons. The number of fused-ring (bicyclic) bond motifs is 1. The van der Waals surface area contributed by atoms with E-state index in [1.165, 1.54) is 11.8 Å². The molecule has 0 bridgehead atoms. The van der Waals surface area contributed by atoms with Crippen molar-refractivity contribution < 1.29 is 19.1 Å². The van der Waals surface area contributed by atoms with Crippen LogP contribution in [0.4, 0.5) is 5.69 Å². The van der Waals surface area contributed by atoms with Crippen molar-refractivity contribution in [1.29, 1.82) is 0 Å². The highest BCUT2D eigenvalue weighted by Crippen LogP contribution is 2.34. The maximum Gasteiger partial charge on any atom is 0.251 e. The van der Waals surface area contributed by atoms with Crippen LogP contribution in [0.2, 0.25) is 0 Å². The van der Waals surface area contributed by atoms with Crippen molar-refractivity contribution in [1.82, 2.24) is 20.1 Å². The second kappa shape index (κ2) is 10.2. The Labute approximate surface area is 202 Å². The number of hydrogen-bond donors (Lipinski definition) is 2. The molecular weight excluding hydrogens is 454 g/mol. The van der Waals surface area contributed by atoms with Gasteiger partial charge in [-0.3, -0.25) is 9.59 Å². The molecule has 2 aromatic carbocycles. The largest absolute Gasteiger partial charge is 0.454 e. The monoisotopic (exact) mass is 481 g/mol. The average Bonchev–Trinajstić information content (AvgIpc) is 3.44. The number of amides is 2. The van der Waals surface area contributed by atoms with Crippen molar-refractivity contribution in [3.63, 3.8) is 0 Å². The highest BCUT2D eigenvalue weighted by Gasteiger charge is 2.27. The number of carbonyl (C=O) groups excluding carboxylic acids is 2. The molecule has 9 nitrogen and oxygen atoms in total. The molecule has 0 unspecified atom stereocenters. The third-order valence-electron chi connectivity index (χ3n) is 5.43. The van der Waals surface area contributed by atoms with Crippen molar-refractivity contribution in [2.24, 2.45) is 13.0 Å². The van der Waals surface area contributed by atoms with E-state index in [4.69, 9.17) is 9.47 Å². The Hall–Kier alpha value is -3.53. The third-order valence-corrected chi connectivity index (χ3v) is 6.56. The van der Waals surface area contributed by atoms with Gasteiger partial charge < -0.3 is 24.7 Å². The summed E-state index contributed by atoms with van der Waals surface area (Å²) in [7, 11) is 1.84. The van der Waals surface area contributed by atoms with Crippen molar-refractivity contribution >= 4 is 29.3 Å². The molecule has 0 spiro atoms. The van der Waals surface area contributed by atoms with Crippen LogP contribution in [0.15, 0.2) is 53.7 Å². The zero-order chi connectivity index (χ0) is 24.2. The molecule has 34 heavy (non-hydrogen) atoms. The molecule has 0 fully saturated rings. The number of thioether (sulfide) groups is 1. The van der Waals surface area contributed by atoms with Crippen LogP contribution in [-0.4, -0.2) is 38.6 Å². The fraction of sp³-hybridized carbons (Fsp3) is 0.333. The molecule has 1 aromatic heterocycles. The zero-order valence-corrected chi connectivity index (χ0v) is 20.3. The molecule has 4 rings (SSSR count). The van der Waals surface area contributed by atoms with Gasteiger partial charge in [0.25, 0.3) is 5.91 Å². The molecule has 1 aliphatic rings. The zero-order valence-electron chi connectivity index (χ0n) is 19.4. The maximum absolute atomic E-state index is 12.8. The maximum atomic E-state index is 12.8. The van der Waals surface area contributed by atoms with Gasteiger partial charge in [-0.1, -0.05) is 43.8 Å². The van der Waals surface area contributed by atoms with Gasteiger partial charge in [0.05, 0.1) is 11.3 Å². The van der Waals surface area contributed by atoms with Crippen molar-refractivity contribution in [3.05, 3.63) is 59.9 Å². The summed E-state index contributed by atoms with van der Waals surface area (Å²) in [5.41, 5.74) is 1.21. The van der Waals surface area contributed by atoms with Crippen molar-refractivity contribution in [3.8, 4) is 11.5 Å². The first-order valence-corrected chi connectivity index (χ1v) is 11.8. The highest BCUT2D eigenvalue weighted by atomic mass is 32.2. The van der Waals surface area contributed by atoms with E-state index in [1.807, 2.05) is 43.7 Å². The number of hydrogen-bond acceptors (Lipinski definition) is 7. The number of aromatic nitrogens is 3. The van der Waals surface area contributed by atoms with Crippen LogP contribution in [0.5, 0.6) is 11.5 Å². The summed E-state index contributed by atoms with van der Waals surface area (Å²) in [5, 5.41) is 14.7. The number of anilines is 1. The standard InChI is InChI=1S/C24H27N5O4S/c1-14(2)20(26-23(31)16-8-6-5-7-9-16)21-27-28-24(29(21)4)34-15(3)22(30)25-17-10-11-18-19(12-17)33-13-32-18/h5-12,14-15,20H,13H2,1-4H3,(H,25,30)(H,26,31)/t15-,20-/m1/s1. The molecule has 3 aromatic rings. The number of benzene rings is 2. The topological polar surface area (TPSA) is 107 Å². The minimum atomic E-state index is -0.433. The van der Waals surface area contributed by atoms with Crippen LogP contribution < -0.4 is 20.1 Å². The van der Waals surface area contributed by atoms with Crippen LogP contribution in [0.1, 0.15) is 43.0 Å². The number of nitrogens with one attached hydrogen (secondary N) is 2. The molecule has 0 saturated carbocycles. The Morgan fingerprint density at radius 1 is 1.03 bits per heavy atom. The van der Waals surface area contributed by atoms with Gasteiger partial charge in [-0.05, 0) is 37.1 Å². The predicted octanol–water partition coefficient (Wildman–Crippen LogP) is 3.79. The first-order valence-electron chi connectivity index (χ1n) is 11.0. The Morgan fingerprint density at radius 2 is 1.76 bits per heavy atom. The van der Waals surface area contributed by atoms with E-state index in [-0.39, 0.29) is 30.6 Å². The lowest BCUT2D eigenvalue weighted by molar-refractivity contribution is -0.115. The smallest absolute Gasteiger partial charge is 0.251 e. The molecule has 178 valence electrons. The van der Waals surface area contributed by atoms with Crippen molar-refractivity contribution in [2.45, 2.75) is 37.2 Å². The van der Waals surface area contributed by atoms with E-state index in [0.717, 1.165) is 0 Å². The molecule has 1 aliphatic heterocycles. The van der Waals surface area contributed by atoms with E-state index >= 15 is 0 Å². The molecule has 2 atom stereocenters. The lowest BCUT2D eigenvalue weighted by atomic mass is 10.0. The minimum absolute atomic E-state index is 0.0835. The summed E-state index contributed by atoms with van der Waals surface area (Å²) in [6.07, 6.45) is 0. The molecule has 0 saturated heterocycles. The number of ether oxygens (including phenoxy) is 2. The van der Waals surface area contributed by atoms with Crippen LogP contribution in [0.25, 0.3) is 0 Å². The molecule has 10 heteroatoms. The van der Waals surface area contributed by atoms with Gasteiger partial charge in [0.2, 0.25) is 12.7 Å². The van der Waals surface area contributed by atoms with Crippen LogP contribution >= 0.6 is 11.8 Å². The first-order chi connectivity index (χ1) is 16.3. The Bertz CT molecular complexity index is 1180. The fourth-order valence-electron chi connectivity index (χ4n) is 3.47. The quantitative estimate of drug-likeness (QED) is 0.471. The molecule has 0 aliphatic carbocycles. The van der Waals surface area contributed by atoms with Gasteiger partial charge >= 0.3 is 0 Å². The van der Waals surface area contributed by atoms with Gasteiger partial charge in [0.15, 0.2) is 22.5 Å². The Balaban J connectivity index is 1.43. The highest BCUT2D eigenvalue weighted by molar-refractivity contribution is 8.00. The van der Waals surface area contributed by atoms with Gasteiger partial charge in [0.1, 0.15) is 0 Å². The summed E-state index contributed by atoms with van der Waals surface area (Å²) in [5.74, 6) is 1.63. The van der Waals surface area contributed by atoms with Gasteiger partial charge in [0, 0.05) is 24.4 Å². The third kappa shape index (κ3) is 5.17. The van der Waals surface area contributed by atoms with Gasteiger partial charge in [-0.25, -0.2) is 0 Å². The number of rotatable bonds is 8. The number of nitrogens with zero attached hydrogens (tertiary/aromatic N) is 3. The Kier molecular flexibility index (Phi) is 7.06. The molecular formula is C24H27N5O4S. The second-order valence-electron chi connectivity index (χ2n) is 8.28.